The molecule has 0 saturated carbocycles. The molecule has 0 aliphatic rings. The summed E-state index contributed by atoms with van der Waals surface area (Å²) in [5.74, 6) is 0.436. The van der Waals surface area contributed by atoms with Crippen molar-refractivity contribution in [1.82, 2.24) is 20.2 Å². The topological polar surface area (TPSA) is 113 Å². The molecule has 17 heavy (non-hydrogen) atoms. The number of amides is 1. The van der Waals surface area contributed by atoms with Crippen molar-refractivity contribution in [1.29, 1.82) is 0 Å². The van der Waals surface area contributed by atoms with Gasteiger partial charge in [-0.3, -0.25) is 4.79 Å². The van der Waals surface area contributed by atoms with E-state index in [1.54, 1.807) is 30.4 Å². The predicted molar refractivity (Wildman–Crippen MR) is 65.2 cm³/mol. The first-order chi connectivity index (χ1) is 7.93. The Morgan fingerprint density at radius 2 is 2.24 bits per heavy atom. The molecule has 0 aliphatic heterocycles. The van der Waals surface area contributed by atoms with Crippen molar-refractivity contribution in [2.24, 2.45) is 18.5 Å². The van der Waals surface area contributed by atoms with Crippen molar-refractivity contribution in [2.45, 2.75) is 36.9 Å². The first-order valence-corrected chi connectivity index (χ1v) is 6.36. The third kappa shape index (κ3) is 4.31. The fourth-order valence-corrected chi connectivity index (χ4v) is 2.07. The van der Waals surface area contributed by atoms with Crippen LogP contribution in [0.3, 0.4) is 0 Å². The maximum Gasteiger partial charge on any atom is 0.237 e. The van der Waals surface area contributed by atoms with Crippen LogP contribution in [0.1, 0.15) is 26.2 Å². The SMILES string of the molecule is Cn1nnnc1SCCCCC(C)(N)C(N)=O. The number of carbonyl (C=O) groups is 1. The van der Waals surface area contributed by atoms with Crippen molar-refractivity contribution in [2.75, 3.05) is 5.75 Å². The third-order valence-corrected chi connectivity index (χ3v) is 3.56. The molecule has 1 atom stereocenters. The van der Waals surface area contributed by atoms with Gasteiger partial charge in [0.25, 0.3) is 0 Å². The Morgan fingerprint density at radius 3 is 2.76 bits per heavy atom. The Bertz CT molecular complexity index is 377. The van der Waals surface area contributed by atoms with Crippen LogP contribution >= 0.6 is 11.8 Å². The number of nitrogens with two attached hydrogens (primary N) is 2. The predicted octanol–water partition coefficient (Wildman–Crippen LogP) is -0.325. The standard InChI is InChI=1S/C9H18N6OS/c1-9(11,7(10)16)5-3-4-6-17-8-12-13-14-15(8)2/h3-6,11H2,1-2H3,(H2,10,16). The second-order valence-electron chi connectivity index (χ2n) is 4.17. The van der Waals surface area contributed by atoms with Crippen LogP contribution in [0.5, 0.6) is 0 Å². The van der Waals surface area contributed by atoms with Gasteiger partial charge in [-0.25, -0.2) is 4.68 Å². The normalized spacial score (nSPS) is 14.5. The molecule has 1 unspecified atom stereocenters. The van der Waals surface area contributed by atoms with Crippen molar-refractivity contribution in [3.05, 3.63) is 0 Å². The van der Waals surface area contributed by atoms with Crippen LogP contribution in [0.15, 0.2) is 5.16 Å². The van der Waals surface area contributed by atoms with Crippen molar-refractivity contribution >= 4 is 17.7 Å². The van der Waals surface area contributed by atoms with E-state index in [1.165, 1.54) is 0 Å². The molecule has 1 aromatic heterocycles. The largest absolute Gasteiger partial charge is 0.368 e. The number of aryl methyl sites for hydroxylation is 1. The van der Waals surface area contributed by atoms with Crippen LogP contribution in [-0.4, -0.2) is 37.4 Å². The van der Waals surface area contributed by atoms with Crippen LogP contribution in [0.2, 0.25) is 0 Å². The highest BCUT2D eigenvalue weighted by molar-refractivity contribution is 7.99. The molecule has 0 saturated heterocycles. The fraction of sp³-hybridized carbons (Fsp3) is 0.778. The number of nitrogens with zero attached hydrogens (tertiary/aromatic N) is 4. The van der Waals surface area contributed by atoms with Crippen LogP contribution in [-0.2, 0) is 11.8 Å². The molecule has 96 valence electrons. The van der Waals surface area contributed by atoms with E-state index in [4.69, 9.17) is 11.5 Å². The van der Waals surface area contributed by atoms with Gasteiger partial charge < -0.3 is 11.5 Å². The number of thioether (sulfide) groups is 1. The molecule has 1 amide bonds. The van der Waals surface area contributed by atoms with Gasteiger partial charge in [0.1, 0.15) is 0 Å². The molecular weight excluding hydrogens is 240 g/mol. The third-order valence-electron chi connectivity index (χ3n) is 2.47. The van der Waals surface area contributed by atoms with Crippen molar-refractivity contribution in [3.8, 4) is 0 Å². The van der Waals surface area contributed by atoms with E-state index in [2.05, 4.69) is 15.5 Å². The summed E-state index contributed by atoms with van der Waals surface area (Å²) in [6.45, 7) is 1.66. The lowest BCUT2D eigenvalue weighted by Crippen LogP contribution is -2.49. The lowest BCUT2D eigenvalue weighted by atomic mass is 9.96. The number of aromatic nitrogens is 4. The summed E-state index contributed by atoms with van der Waals surface area (Å²) in [6, 6.07) is 0. The summed E-state index contributed by atoms with van der Waals surface area (Å²) < 4.78 is 1.63. The Balaban J connectivity index is 2.17. The zero-order valence-corrected chi connectivity index (χ0v) is 10.9. The quantitative estimate of drug-likeness (QED) is 0.511. The minimum Gasteiger partial charge on any atom is -0.368 e. The van der Waals surface area contributed by atoms with E-state index in [9.17, 15) is 4.79 Å². The van der Waals surface area contributed by atoms with Crippen molar-refractivity contribution in [3.63, 3.8) is 0 Å². The van der Waals surface area contributed by atoms with Gasteiger partial charge in [0.05, 0.1) is 5.54 Å². The monoisotopic (exact) mass is 258 g/mol. The number of carbonyl (C=O) groups excluding carboxylic acids is 1. The number of tetrazole rings is 1. The number of rotatable bonds is 7. The van der Waals surface area contributed by atoms with E-state index < -0.39 is 11.4 Å². The Labute approximate surface area is 104 Å². The molecule has 8 heteroatoms. The first-order valence-electron chi connectivity index (χ1n) is 5.37. The summed E-state index contributed by atoms with van der Waals surface area (Å²) in [4.78, 5) is 11.0. The van der Waals surface area contributed by atoms with Crippen LogP contribution in [0.4, 0.5) is 0 Å². The van der Waals surface area contributed by atoms with E-state index in [0.717, 1.165) is 23.8 Å². The molecule has 0 bridgehead atoms. The summed E-state index contributed by atoms with van der Waals surface area (Å²) in [5.41, 5.74) is 10.0. The zero-order chi connectivity index (χ0) is 12.9. The molecule has 0 fully saturated rings. The number of hydrogen-bond acceptors (Lipinski definition) is 6. The van der Waals surface area contributed by atoms with Gasteiger partial charge in [-0.1, -0.05) is 18.2 Å². The van der Waals surface area contributed by atoms with Crippen LogP contribution in [0, 0.1) is 0 Å². The van der Waals surface area contributed by atoms with E-state index in [0.29, 0.717) is 6.42 Å². The molecule has 0 radical (unpaired) electrons. The van der Waals surface area contributed by atoms with Gasteiger partial charge >= 0.3 is 0 Å². The Morgan fingerprint density at radius 1 is 1.53 bits per heavy atom. The average molecular weight is 258 g/mol. The highest BCUT2D eigenvalue weighted by Crippen LogP contribution is 2.17. The molecule has 0 spiro atoms. The van der Waals surface area contributed by atoms with Gasteiger partial charge in [0.15, 0.2) is 0 Å². The molecule has 0 aromatic carbocycles. The minimum absolute atomic E-state index is 0.456. The number of hydrogen-bond donors (Lipinski definition) is 2. The smallest absolute Gasteiger partial charge is 0.237 e. The van der Waals surface area contributed by atoms with Gasteiger partial charge in [0.2, 0.25) is 11.1 Å². The molecular formula is C9H18N6OS. The molecule has 1 heterocycles. The van der Waals surface area contributed by atoms with E-state index >= 15 is 0 Å². The lowest BCUT2D eigenvalue weighted by molar-refractivity contribution is -0.122. The van der Waals surface area contributed by atoms with Gasteiger partial charge in [-0.2, -0.15) is 0 Å². The zero-order valence-electron chi connectivity index (χ0n) is 10.1. The minimum atomic E-state index is -0.906. The highest BCUT2D eigenvalue weighted by atomic mass is 32.2. The van der Waals surface area contributed by atoms with Crippen molar-refractivity contribution < 1.29 is 4.79 Å². The number of unbranched alkanes of at least 4 members (excludes halogenated alkanes) is 1. The van der Waals surface area contributed by atoms with Gasteiger partial charge in [-0.15, -0.1) is 5.10 Å². The fourth-order valence-electron chi connectivity index (χ4n) is 1.22. The van der Waals surface area contributed by atoms with Crippen LogP contribution in [0.25, 0.3) is 0 Å². The first kappa shape index (κ1) is 13.9. The second kappa shape index (κ2) is 5.97. The Kier molecular flexibility index (Phi) is 4.88. The molecule has 7 nitrogen and oxygen atoms in total. The molecule has 1 rings (SSSR count). The Hall–Kier alpha value is -1.15. The summed E-state index contributed by atoms with van der Waals surface area (Å²) >= 11 is 1.58. The highest BCUT2D eigenvalue weighted by Gasteiger charge is 2.24. The summed E-state index contributed by atoms with van der Waals surface area (Å²) in [6.07, 6.45) is 2.39. The lowest BCUT2D eigenvalue weighted by Gasteiger charge is -2.19. The summed E-state index contributed by atoms with van der Waals surface area (Å²) in [7, 11) is 1.80. The summed E-state index contributed by atoms with van der Waals surface area (Å²) in [5, 5.41) is 11.9. The van der Waals surface area contributed by atoms with E-state index in [1.807, 2.05) is 0 Å². The molecule has 0 aliphatic carbocycles. The van der Waals surface area contributed by atoms with E-state index in [-0.39, 0.29) is 0 Å². The average Bonchev–Trinajstić information content (AvgIpc) is 2.63. The second-order valence-corrected chi connectivity index (χ2v) is 5.23. The van der Waals surface area contributed by atoms with Gasteiger partial charge in [-0.05, 0) is 30.2 Å². The molecule has 1 aromatic rings. The molecule has 4 N–H and O–H groups in total. The maximum atomic E-state index is 11.0. The maximum absolute atomic E-state index is 11.0. The number of primary amides is 1. The van der Waals surface area contributed by atoms with Gasteiger partial charge in [0, 0.05) is 12.8 Å². The van der Waals surface area contributed by atoms with Crippen LogP contribution < -0.4 is 11.5 Å².